The van der Waals surface area contributed by atoms with Crippen molar-refractivity contribution in [3.63, 3.8) is 0 Å². The first-order chi connectivity index (χ1) is 13.8. The molecular formula is C21H26N6O2. The minimum Gasteiger partial charge on any atom is -0.344 e. The first kappa shape index (κ1) is 19.3. The van der Waals surface area contributed by atoms with Gasteiger partial charge in [-0.15, -0.1) is 0 Å². The Balaban J connectivity index is 1.53. The smallest absolute Gasteiger partial charge is 0.248 e. The molecule has 152 valence electrons. The fraction of sp³-hybridized carbons (Fsp3) is 0.476. The van der Waals surface area contributed by atoms with Gasteiger partial charge in [0, 0.05) is 17.3 Å². The highest BCUT2D eigenvalue weighted by atomic mass is 16.5. The Labute approximate surface area is 169 Å². The van der Waals surface area contributed by atoms with Gasteiger partial charge in [-0.3, -0.25) is 4.79 Å². The molecular weight excluding hydrogens is 368 g/mol. The number of benzene rings is 1. The predicted molar refractivity (Wildman–Crippen MR) is 109 cm³/mol. The number of carbonyl (C=O) groups excluding carboxylic acids is 1. The highest BCUT2D eigenvalue weighted by molar-refractivity contribution is 5.93. The lowest BCUT2D eigenvalue weighted by atomic mass is 9.96. The highest BCUT2D eigenvalue weighted by Gasteiger charge is 2.34. The van der Waals surface area contributed by atoms with Gasteiger partial charge in [0.1, 0.15) is 24.2 Å². The van der Waals surface area contributed by atoms with Crippen LogP contribution in [-0.4, -0.2) is 38.6 Å². The van der Waals surface area contributed by atoms with Crippen molar-refractivity contribution in [3.05, 3.63) is 42.3 Å². The molecule has 2 aromatic heterocycles. The number of hydrogen-bond donors (Lipinski definition) is 1. The lowest BCUT2D eigenvalue weighted by molar-refractivity contribution is -0.123. The van der Waals surface area contributed by atoms with Crippen molar-refractivity contribution in [2.75, 3.05) is 11.4 Å². The summed E-state index contributed by atoms with van der Waals surface area (Å²) in [5.41, 5.74) is 0.666. The van der Waals surface area contributed by atoms with Crippen LogP contribution in [0, 0.1) is 0 Å². The van der Waals surface area contributed by atoms with Crippen molar-refractivity contribution in [2.45, 2.75) is 58.0 Å². The van der Waals surface area contributed by atoms with E-state index in [0.717, 1.165) is 36.1 Å². The summed E-state index contributed by atoms with van der Waals surface area (Å²) in [6.07, 6.45) is 3.26. The zero-order valence-corrected chi connectivity index (χ0v) is 17.2. The van der Waals surface area contributed by atoms with Crippen LogP contribution in [0.4, 0.5) is 5.82 Å². The second-order valence-electron chi connectivity index (χ2n) is 8.50. The number of aromatic nitrogens is 4. The Kier molecular flexibility index (Phi) is 4.94. The molecule has 1 fully saturated rings. The molecule has 1 N–H and O–H groups in total. The topological polar surface area (TPSA) is 97.0 Å². The van der Waals surface area contributed by atoms with Crippen molar-refractivity contribution < 1.29 is 9.32 Å². The van der Waals surface area contributed by atoms with Crippen LogP contribution >= 0.6 is 0 Å². The Morgan fingerprint density at radius 3 is 2.83 bits per heavy atom. The number of rotatable bonds is 4. The van der Waals surface area contributed by atoms with Crippen LogP contribution in [0.15, 0.2) is 35.1 Å². The number of anilines is 1. The van der Waals surface area contributed by atoms with E-state index in [4.69, 9.17) is 4.52 Å². The van der Waals surface area contributed by atoms with Crippen molar-refractivity contribution >= 4 is 22.6 Å². The third kappa shape index (κ3) is 3.79. The normalized spacial score (nSPS) is 18.2. The van der Waals surface area contributed by atoms with Crippen LogP contribution in [0.1, 0.15) is 58.3 Å². The van der Waals surface area contributed by atoms with Gasteiger partial charge in [-0.2, -0.15) is 4.98 Å². The zero-order valence-electron chi connectivity index (χ0n) is 17.2. The molecule has 1 amide bonds. The number of amides is 1. The number of nitrogens with zero attached hydrogens (tertiary/aromatic N) is 5. The molecule has 1 aromatic carbocycles. The van der Waals surface area contributed by atoms with Crippen molar-refractivity contribution in [1.29, 1.82) is 0 Å². The zero-order chi connectivity index (χ0) is 20.6. The number of para-hydroxylation sites is 1. The molecule has 2 atom stereocenters. The molecule has 0 spiro atoms. The minimum atomic E-state index is -0.365. The molecule has 0 radical (unpaired) electrons. The predicted octanol–water partition coefficient (Wildman–Crippen LogP) is 3.16. The van der Waals surface area contributed by atoms with E-state index in [9.17, 15) is 4.79 Å². The number of fused-ring (bicyclic) bond motifs is 1. The Morgan fingerprint density at radius 1 is 1.28 bits per heavy atom. The fourth-order valence-electron chi connectivity index (χ4n) is 3.60. The average Bonchev–Trinajstić information content (AvgIpc) is 3.37. The van der Waals surface area contributed by atoms with E-state index in [1.165, 1.54) is 0 Å². The van der Waals surface area contributed by atoms with E-state index in [2.05, 4.69) is 30.3 Å². The SMILES string of the molecule is C[C@@H](NC(=O)[C@H]1CCCN1c1ncnc2ccccc12)c1nc(C(C)(C)C)no1. The van der Waals surface area contributed by atoms with E-state index in [1.807, 2.05) is 52.0 Å². The summed E-state index contributed by atoms with van der Waals surface area (Å²) in [7, 11) is 0. The molecule has 3 aromatic rings. The van der Waals surface area contributed by atoms with Gasteiger partial charge < -0.3 is 14.7 Å². The Morgan fingerprint density at radius 2 is 2.07 bits per heavy atom. The summed E-state index contributed by atoms with van der Waals surface area (Å²) in [4.78, 5) is 28.4. The van der Waals surface area contributed by atoms with Crippen LogP contribution in [-0.2, 0) is 10.2 Å². The van der Waals surface area contributed by atoms with Gasteiger partial charge in [0.05, 0.1) is 5.52 Å². The fourth-order valence-corrected chi connectivity index (χ4v) is 3.60. The van der Waals surface area contributed by atoms with Gasteiger partial charge in [0.15, 0.2) is 5.82 Å². The molecule has 0 saturated carbocycles. The Bertz CT molecular complexity index is 1020. The van der Waals surface area contributed by atoms with E-state index in [1.54, 1.807) is 6.33 Å². The van der Waals surface area contributed by atoms with Gasteiger partial charge in [0.25, 0.3) is 0 Å². The van der Waals surface area contributed by atoms with Gasteiger partial charge in [-0.05, 0) is 31.9 Å². The van der Waals surface area contributed by atoms with Gasteiger partial charge in [-0.1, -0.05) is 38.1 Å². The van der Waals surface area contributed by atoms with Crippen molar-refractivity contribution in [3.8, 4) is 0 Å². The maximum absolute atomic E-state index is 13.1. The van der Waals surface area contributed by atoms with Crippen molar-refractivity contribution in [2.24, 2.45) is 0 Å². The van der Waals surface area contributed by atoms with Gasteiger partial charge in [0.2, 0.25) is 11.8 Å². The standard InChI is InChI=1S/C21H26N6O2/c1-13(19-25-20(26-29-19)21(2,3)4)24-18(28)16-10-7-11-27(16)17-14-8-5-6-9-15(14)22-12-23-17/h5-6,8-9,12-13,16H,7,10-11H2,1-4H3,(H,24,28)/t13-,16-/m1/s1. The molecule has 29 heavy (non-hydrogen) atoms. The maximum atomic E-state index is 13.1. The molecule has 8 heteroatoms. The quantitative estimate of drug-likeness (QED) is 0.726. The lowest BCUT2D eigenvalue weighted by Gasteiger charge is -2.26. The van der Waals surface area contributed by atoms with Crippen LogP contribution in [0.3, 0.4) is 0 Å². The van der Waals surface area contributed by atoms with E-state index < -0.39 is 0 Å². The second kappa shape index (κ2) is 7.42. The third-order valence-corrected chi connectivity index (χ3v) is 5.19. The van der Waals surface area contributed by atoms with Gasteiger partial charge >= 0.3 is 0 Å². The summed E-state index contributed by atoms with van der Waals surface area (Å²) in [5.74, 6) is 1.78. The number of hydrogen-bond acceptors (Lipinski definition) is 7. The second-order valence-corrected chi connectivity index (χ2v) is 8.50. The Hall–Kier alpha value is -3.03. The molecule has 0 bridgehead atoms. The first-order valence-electron chi connectivity index (χ1n) is 9.95. The van der Waals surface area contributed by atoms with Gasteiger partial charge in [-0.25, -0.2) is 9.97 Å². The number of nitrogens with one attached hydrogen (secondary N) is 1. The maximum Gasteiger partial charge on any atom is 0.248 e. The first-order valence-corrected chi connectivity index (χ1v) is 9.95. The molecule has 1 aliphatic heterocycles. The van der Waals surface area contributed by atoms with Crippen LogP contribution in [0.25, 0.3) is 10.9 Å². The van der Waals surface area contributed by atoms with E-state index in [0.29, 0.717) is 11.7 Å². The average molecular weight is 394 g/mol. The molecule has 4 rings (SSSR count). The highest BCUT2D eigenvalue weighted by Crippen LogP contribution is 2.30. The molecule has 0 aliphatic carbocycles. The summed E-state index contributed by atoms with van der Waals surface area (Å²) < 4.78 is 5.38. The molecule has 1 saturated heterocycles. The molecule has 0 unspecified atom stereocenters. The van der Waals surface area contributed by atoms with Crippen LogP contribution < -0.4 is 10.2 Å². The number of carbonyl (C=O) groups is 1. The van der Waals surface area contributed by atoms with Crippen LogP contribution in [0.5, 0.6) is 0 Å². The molecule has 8 nitrogen and oxygen atoms in total. The summed E-state index contributed by atoms with van der Waals surface area (Å²) in [6, 6.07) is 7.20. The summed E-state index contributed by atoms with van der Waals surface area (Å²) in [5, 5.41) is 8.03. The molecule has 1 aliphatic rings. The summed E-state index contributed by atoms with van der Waals surface area (Å²) in [6.45, 7) is 8.70. The van der Waals surface area contributed by atoms with E-state index in [-0.39, 0.29) is 23.4 Å². The van der Waals surface area contributed by atoms with E-state index >= 15 is 0 Å². The molecule has 3 heterocycles. The monoisotopic (exact) mass is 394 g/mol. The van der Waals surface area contributed by atoms with Crippen molar-refractivity contribution in [1.82, 2.24) is 25.4 Å². The summed E-state index contributed by atoms with van der Waals surface area (Å²) >= 11 is 0. The minimum absolute atomic E-state index is 0.0618. The largest absolute Gasteiger partial charge is 0.344 e. The third-order valence-electron chi connectivity index (χ3n) is 5.19. The lowest BCUT2D eigenvalue weighted by Crippen LogP contribution is -2.44. The van der Waals surface area contributed by atoms with Crippen LogP contribution in [0.2, 0.25) is 0 Å².